The van der Waals surface area contributed by atoms with E-state index in [1.807, 2.05) is 26.0 Å². The second-order valence-electron chi connectivity index (χ2n) is 9.81. The van der Waals surface area contributed by atoms with Crippen molar-refractivity contribution >= 4 is 17.6 Å². The third-order valence-electron chi connectivity index (χ3n) is 7.12. The highest BCUT2D eigenvalue weighted by Crippen LogP contribution is 2.29. The van der Waals surface area contributed by atoms with Crippen LogP contribution < -0.4 is 20.3 Å². The highest BCUT2D eigenvalue weighted by atomic mass is 16.5. The molecule has 1 saturated heterocycles. The monoisotopic (exact) mass is 531 g/mol. The minimum absolute atomic E-state index is 0.132. The van der Waals surface area contributed by atoms with Crippen LogP contribution >= 0.6 is 0 Å². The molecule has 1 amide bonds. The first kappa shape index (κ1) is 28.0. The first-order chi connectivity index (χ1) is 18.9. The van der Waals surface area contributed by atoms with Crippen LogP contribution in [-0.4, -0.2) is 60.7 Å². The Labute approximate surface area is 229 Å². The SMILES string of the molecule is COC(=O)c1ccc(Oc2ccc(N(C3CCNCC3)[C@H](C)CCNC(=O)c3c(C)ncnc3C)cc2)cc1. The number of nitrogens with zero attached hydrogens (tertiary/aromatic N) is 3. The molecule has 1 atom stereocenters. The molecule has 0 radical (unpaired) electrons. The van der Waals surface area contributed by atoms with Crippen LogP contribution in [0.1, 0.15) is 58.3 Å². The molecule has 2 heterocycles. The van der Waals surface area contributed by atoms with Crippen LogP contribution in [0.25, 0.3) is 0 Å². The second-order valence-corrected chi connectivity index (χ2v) is 9.81. The molecular formula is C30H37N5O4. The van der Waals surface area contributed by atoms with Gasteiger partial charge in [-0.05, 0) is 102 Å². The number of hydrogen-bond donors (Lipinski definition) is 2. The molecule has 9 nitrogen and oxygen atoms in total. The molecule has 2 aromatic carbocycles. The third kappa shape index (κ3) is 7.11. The van der Waals surface area contributed by atoms with E-state index in [9.17, 15) is 9.59 Å². The summed E-state index contributed by atoms with van der Waals surface area (Å²) >= 11 is 0. The standard InChI is InChI=1S/C30H37N5O4/c1-20(13-18-32-29(36)28-21(2)33-19-34-22(28)3)35(25-14-16-31-17-15-25)24-7-11-27(12-8-24)39-26-9-5-23(6-10-26)30(37)38-4/h5-12,19-20,25,31H,13-18H2,1-4H3,(H,32,36)/t20-/m1/s1. The van der Waals surface area contributed by atoms with Crippen LogP contribution in [-0.2, 0) is 4.74 Å². The average molecular weight is 532 g/mol. The molecule has 0 bridgehead atoms. The number of rotatable bonds is 10. The van der Waals surface area contributed by atoms with Crippen molar-refractivity contribution in [2.45, 2.75) is 52.1 Å². The van der Waals surface area contributed by atoms with Crippen LogP contribution in [0.4, 0.5) is 5.69 Å². The van der Waals surface area contributed by atoms with Crippen LogP contribution in [0.2, 0.25) is 0 Å². The third-order valence-corrected chi connectivity index (χ3v) is 7.12. The number of ether oxygens (including phenoxy) is 2. The number of amides is 1. The van der Waals surface area contributed by atoms with Crippen molar-refractivity contribution in [3.8, 4) is 11.5 Å². The van der Waals surface area contributed by atoms with Gasteiger partial charge >= 0.3 is 5.97 Å². The van der Waals surface area contributed by atoms with Gasteiger partial charge in [0.15, 0.2) is 0 Å². The number of carbonyl (C=O) groups excluding carboxylic acids is 2. The second kappa shape index (κ2) is 13.2. The van der Waals surface area contributed by atoms with E-state index < -0.39 is 0 Å². The predicted molar refractivity (Wildman–Crippen MR) is 151 cm³/mol. The Morgan fingerprint density at radius 3 is 2.18 bits per heavy atom. The van der Waals surface area contributed by atoms with E-state index >= 15 is 0 Å². The Morgan fingerprint density at radius 1 is 1.00 bits per heavy atom. The number of aryl methyl sites for hydroxylation is 2. The highest BCUT2D eigenvalue weighted by Gasteiger charge is 2.26. The minimum atomic E-state index is -0.378. The number of carbonyl (C=O) groups is 2. The summed E-state index contributed by atoms with van der Waals surface area (Å²) in [5.74, 6) is 0.846. The zero-order chi connectivity index (χ0) is 27.8. The van der Waals surface area contributed by atoms with Gasteiger partial charge in [-0.25, -0.2) is 14.8 Å². The lowest BCUT2D eigenvalue weighted by Gasteiger charge is -2.41. The Morgan fingerprint density at radius 2 is 1.59 bits per heavy atom. The molecule has 3 aromatic rings. The van der Waals surface area contributed by atoms with Gasteiger partial charge in [-0.3, -0.25) is 4.79 Å². The largest absolute Gasteiger partial charge is 0.465 e. The lowest BCUT2D eigenvalue weighted by Crippen LogP contribution is -2.48. The lowest BCUT2D eigenvalue weighted by molar-refractivity contribution is 0.0600. The van der Waals surface area contributed by atoms with Crippen molar-refractivity contribution in [2.24, 2.45) is 0 Å². The smallest absolute Gasteiger partial charge is 0.337 e. The van der Waals surface area contributed by atoms with Gasteiger partial charge in [-0.15, -0.1) is 0 Å². The van der Waals surface area contributed by atoms with E-state index in [-0.39, 0.29) is 17.9 Å². The summed E-state index contributed by atoms with van der Waals surface area (Å²) in [5, 5.41) is 6.52. The van der Waals surface area contributed by atoms with E-state index in [2.05, 4.69) is 44.6 Å². The van der Waals surface area contributed by atoms with E-state index in [4.69, 9.17) is 9.47 Å². The number of anilines is 1. The zero-order valence-electron chi connectivity index (χ0n) is 23.1. The van der Waals surface area contributed by atoms with Crippen LogP contribution in [0.3, 0.4) is 0 Å². The van der Waals surface area contributed by atoms with E-state index in [0.717, 1.165) is 38.0 Å². The van der Waals surface area contributed by atoms with E-state index in [1.165, 1.54) is 13.4 Å². The van der Waals surface area contributed by atoms with E-state index in [0.29, 0.717) is 46.6 Å². The first-order valence-electron chi connectivity index (χ1n) is 13.4. The van der Waals surface area contributed by atoms with Gasteiger partial charge in [0.25, 0.3) is 5.91 Å². The Balaban J connectivity index is 1.42. The van der Waals surface area contributed by atoms with Gasteiger partial charge in [-0.1, -0.05) is 0 Å². The average Bonchev–Trinajstić information content (AvgIpc) is 2.94. The normalized spacial score (nSPS) is 14.4. The van der Waals surface area contributed by atoms with Crippen molar-refractivity contribution in [1.29, 1.82) is 0 Å². The van der Waals surface area contributed by atoms with Gasteiger partial charge in [-0.2, -0.15) is 0 Å². The maximum Gasteiger partial charge on any atom is 0.337 e. The maximum absolute atomic E-state index is 12.8. The summed E-state index contributed by atoms with van der Waals surface area (Å²) < 4.78 is 10.8. The number of aromatic nitrogens is 2. The Bertz CT molecular complexity index is 1240. The molecule has 0 unspecified atom stereocenters. The molecule has 4 rings (SSSR count). The van der Waals surface area contributed by atoms with Crippen LogP contribution in [0.5, 0.6) is 11.5 Å². The molecule has 1 fully saturated rings. The molecule has 0 aliphatic carbocycles. The fourth-order valence-electron chi connectivity index (χ4n) is 5.05. The van der Waals surface area contributed by atoms with Crippen LogP contribution in [0, 0.1) is 13.8 Å². The summed E-state index contributed by atoms with van der Waals surface area (Å²) in [5.41, 5.74) is 3.52. The van der Waals surface area contributed by atoms with Gasteiger partial charge in [0.1, 0.15) is 17.8 Å². The predicted octanol–water partition coefficient (Wildman–Crippen LogP) is 4.44. The number of piperidine rings is 1. The topological polar surface area (TPSA) is 106 Å². The fourth-order valence-corrected chi connectivity index (χ4v) is 5.05. The molecule has 9 heteroatoms. The van der Waals surface area contributed by atoms with Crippen molar-refractivity contribution in [3.05, 3.63) is 77.4 Å². The Kier molecular flexibility index (Phi) is 9.49. The van der Waals surface area contributed by atoms with Crippen molar-refractivity contribution in [1.82, 2.24) is 20.6 Å². The first-order valence-corrected chi connectivity index (χ1v) is 13.4. The number of esters is 1. The number of hydrogen-bond acceptors (Lipinski definition) is 8. The molecule has 2 N–H and O–H groups in total. The molecule has 0 spiro atoms. The molecule has 0 saturated carbocycles. The molecule has 206 valence electrons. The number of methoxy groups -OCH3 is 1. The lowest BCUT2D eigenvalue weighted by atomic mass is 10.00. The maximum atomic E-state index is 12.8. The van der Waals surface area contributed by atoms with Gasteiger partial charge in [0.05, 0.1) is 29.6 Å². The van der Waals surface area contributed by atoms with Crippen molar-refractivity contribution in [3.63, 3.8) is 0 Å². The van der Waals surface area contributed by atoms with Crippen molar-refractivity contribution < 1.29 is 19.1 Å². The number of nitrogens with one attached hydrogen (secondary N) is 2. The quantitative estimate of drug-likeness (QED) is 0.370. The van der Waals surface area contributed by atoms with Crippen molar-refractivity contribution in [2.75, 3.05) is 31.6 Å². The molecule has 1 aromatic heterocycles. The summed E-state index contributed by atoms with van der Waals surface area (Å²) in [6.07, 6.45) is 4.40. The van der Waals surface area contributed by atoms with Gasteiger partial charge < -0.3 is 25.0 Å². The fraction of sp³-hybridized carbons (Fsp3) is 0.400. The van der Waals surface area contributed by atoms with Gasteiger partial charge in [0.2, 0.25) is 0 Å². The van der Waals surface area contributed by atoms with E-state index in [1.54, 1.807) is 24.3 Å². The highest BCUT2D eigenvalue weighted by molar-refractivity contribution is 5.96. The minimum Gasteiger partial charge on any atom is -0.465 e. The molecule has 1 aliphatic heterocycles. The summed E-state index contributed by atoms with van der Waals surface area (Å²) in [6.45, 7) is 8.40. The molecule has 1 aliphatic rings. The molecular weight excluding hydrogens is 494 g/mol. The van der Waals surface area contributed by atoms with Gasteiger partial charge in [0, 0.05) is 24.3 Å². The zero-order valence-corrected chi connectivity index (χ0v) is 23.1. The summed E-state index contributed by atoms with van der Waals surface area (Å²) in [7, 11) is 1.36. The van der Waals surface area contributed by atoms with Crippen LogP contribution in [0.15, 0.2) is 54.9 Å². The molecule has 39 heavy (non-hydrogen) atoms. The summed E-state index contributed by atoms with van der Waals surface area (Å²) in [6, 6.07) is 15.6. The number of benzene rings is 2. The summed E-state index contributed by atoms with van der Waals surface area (Å²) in [4.78, 5) is 35.3. The Hall–Kier alpha value is -3.98.